The smallest absolute Gasteiger partial charge is 0.319 e. The highest BCUT2D eigenvalue weighted by Crippen LogP contribution is 2.22. The Balaban J connectivity index is 1.41. The number of carbonyl (C=O) groups is 2. The zero-order chi connectivity index (χ0) is 22.7. The van der Waals surface area contributed by atoms with E-state index in [2.05, 4.69) is 10.6 Å². The molecule has 1 atom stereocenters. The van der Waals surface area contributed by atoms with Gasteiger partial charge >= 0.3 is 6.03 Å². The topological polar surface area (TPSA) is 83.4 Å². The van der Waals surface area contributed by atoms with Crippen molar-refractivity contribution >= 4 is 28.5 Å². The van der Waals surface area contributed by atoms with Gasteiger partial charge in [-0.1, -0.05) is 24.3 Å². The number of anilines is 1. The summed E-state index contributed by atoms with van der Waals surface area (Å²) in [7, 11) is 1.69. The number of urea groups is 1. The molecule has 1 saturated heterocycles. The summed E-state index contributed by atoms with van der Waals surface area (Å²) in [4.78, 5) is 39.6. The summed E-state index contributed by atoms with van der Waals surface area (Å²) in [5, 5.41) is 6.15. The van der Waals surface area contributed by atoms with Crippen molar-refractivity contribution < 1.29 is 14.0 Å². The molecular formula is C24H25FN4O3. The van der Waals surface area contributed by atoms with Gasteiger partial charge in [-0.25, -0.2) is 9.18 Å². The van der Waals surface area contributed by atoms with Gasteiger partial charge in [0.05, 0.1) is 11.1 Å². The quantitative estimate of drug-likeness (QED) is 0.658. The third kappa shape index (κ3) is 4.64. The SMILES string of the molecule is Cn1c(=O)cc(C(=O)N2CCCC(CNC(=O)Nc3cccc(F)c3)C2)c2ccccc21. The van der Waals surface area contributed by atoms with Gasteiger partial charge in [0.2, 0.25) is 0 Å². The van der Waals surface area contributed by atoms with Crippen LogP contribution in [0.15, 0.2) is 59.4 Å². The van der Waals surface area contributed by atoms with Gasteiger partial charge in [0.25, 0.3) is 11.5 Å². The maximum atomic E-state index is 13.3. The van der Waals surface area contributed by atoms with Crippen molar-refractivity contribution in [3.05, 3.63) is 76.3 Å². The fraction of sp³-hybridized carbons (Fsp3) is 0.292. The van der Waals surface area contributed by atoms with Gasteiger partial charge in [0.1, 0.15) is 5.82 Å². The predicted octanol–water partition coefficient (Wildman–Crippen LogP) is 3.35. The minimum atomic E-state index is -0.424. The molecule has 32 heavy (non-hydrogen) atoms. The molecule has 2 aromatic carbocycles. The molecule has 1 aliphatic heterocycles. The first kappa shape index (κ1) is 21.5. The number of para-hydroxylation sites is 1. The summed E-state index contributed by atoms with van der Waals surface area (Å²) >= 11 is 0. The number of piperidine rings is 1. The van der Waals surface area contributed by atoms with Crippen molar-refractivity contribution in [3.8, 4) is 0 Å². The molecule has 0 aliphatic carbocycles. The molecule has 2 heterocycles. The fourth-order valence-electron chi connectivity index (χ4n) is 4.15. The highest BCUT2D eigenvalue weighted by molar-refractivity contribution is 6.06. The molecular weight excluding hydrogens is 411 g/mol. The molecule has 7 nitrogen and oxygen atoms in total. The molecule has 4 rings (SSSR count). The van der Waals surface area contributed by atoms with Crippen LogP contribution >= 0.6 is 0 Å². The van der Waals surface area contributed by atoms with Crippen LogP contribution in [0.25, 0.3) is 10.9 Å². The number of benzene rings is 2. The molecule has 0 bridgehead atoms. The van der Waals surface area contributed by atoms with Crippen LogP contribution < -0.4 is 16.2 Å². The fourth-order valence-corrected chi connectivity index (χ4v) is 4.15. The number of aromatic nitrogens is 1. The molecule has 1 fully saturated rings. The average Bonchev–Trinajstić information content (AvgIpc) is 2.80. The van der Waals surface area contributed by atoms with Gasteiger partial charge in [-0.3, -0.25) is 9.59 Å². The van der Waals surface area contributed by atoms with Gasteiger partial charge in [0, 0.05) is 43.8 Å². The lowest BCUT2D eigenvalue weighted by Crippen LogP contribution is -2.44. The Morgan fingerprint density at radius 2 is 1.94 bits per heavy atom. The van der Waals surface area contributed by atoms with Crippen molar-refractivity contribution in [1.82, 2.24) is 14.8 Å². The summed E-state index contributed by atoms with van der Waals surface area (Å²) in [6, 6.07) is 14.0. The van der Waals surface area contributed by atoms with Crippen LogP contribution in [0.2, 0.25) is 0 Å². The summed E-state index contributed by atoms with van der Waals surface area (Å²) < 4.78 is 14.8. The maximum absolute atomic E-state index is 13.3. The molecule has 1 aliphatic rings. The lowest BCUT2D eigenvalue weighted by molar-refractivity contribution is 0.0677. The first-order valence-electron chi connectivity index (χ1n) is 10.6. The first-order valence-corrected chi connectivity index (χ1v) is 10.6. The number of hydrogen-bond acceptors (Lipinski definition) is 3. The third-order valence-corrected chi connectivity index (χ3v) is 5.82. The minimum absolute atomic E-state index is 0.0868. The second-order valence-corrected chi connectivity index (χ2v) is 8.08. The maximum Gasteiger partial charge on any atom is 0.319 e. The van der Waals surface area contributed by atoms with Crippen LogP contribution in [-0.2, 0) is 7.05 Å². The van der Waals surface area contributed by atoms with Crippen molar-refractivity contribution in [2.75, 3.05) is 25.0 Å². The Morgan fingerprint density at radius 3 is 2.75 bits per heavy atom. The lowest BCUT2D eigenvalue weighted by atomic mass is 9.97. The Kier molecular flexibility index (Phi) is 6.20. The van der Waals surface area contributed by atoms with Crippen molar-refractivity contribution in [3.63, 3.8) is 0 Å². The Bertz CT molecular complexity index is 1220. The number of fused-ring (bicyclic) bond motifs is 1. The van der Waals surface area contributed by atoms with E-state index in [1.54, 1.807) is 18.0 Å². The van der Waals surface area contributed by atoms with Crippen LogP contribution in [0.5, 0.6) is 0 Å². The van der Waals surface area contributed by atoms with Gasteiger partial charge in [-0.15, -0.1) is 0 Å². The Labute approximate surface area is 184 Å². The van der Waals surface area contributed by atoms with Crippen molar-refractivity contribution in [2.45, 2.75) is 12.8 Å². The monoisotopic (exact) mass is 436 g/mol. The molecule has 2 N–H and O–H groups in total. The second kappa shape index (κ2) is 9.21. The number of halogens is 1. The van der Waals surface area contributed by atoms with E-state index in [4.69, 9.17) is 0 Å². The molecule has 8 heteroatoms. The lowest BCUT2D eigenvalue weighted by Gasteiger charge is -2.33. The van der Waals surface area contributed by atoms with E-state index < -0.39 is 11.8 Å². The summed E-state index contributed by atoms with van der Waals surface area (Å²) in [5.74, 6) is -0.510. The van der Waals surface area contributed by atoms with Crippen LogP contribution in [0, 0.1) is 11.7 Å². The normalized spacial score (nSPS) is 16.1. The number of aryl methyl sites for hydroxylation is 1. The molecule has 166 valence electrons. The number of likely N-dealkylation sites (tertiary alicyclic amines) is 1. The number of hydrogen-bond donors (Lipinski definition) is 2. The number of rotatable bonds is 4. The van der Waals surface area contributed by atoms with E-state index >= 15 is 0 Å². The van der Waals surface area contributed by atoms with Crippen LogP contribution in [0.1, 0.15) is 23.2 Å². The second-order valence-electron chi connectivity index (χ2n) is 8.08. The highest BCUT2D eigenvalue weighted by Gasteiger charge is 2.26. The molecule has 0 spiro atoms. The molecule has 0 radical (unpaired) electrons. The molecule has 3 aromatic rings. The zero-order valence-electron chi connectivity index (χ0n) is 17.8. The van der Waals surface area contributed by atoms with E-state index in [-0.39, 0.29) is 17.4 Å². The summed E-state index contributed by atoms with van der Waals surface area (Å²) in [5.41, 5.74) is 1.27. The first-order chi connectivity index (χ1) is 15.4. The number of nitrogens with zero attached hydrogens (tertiary/aromatic N) is 2. The molecule has 1 aromatic heterocycles. The molecule has 0 saturated carbocycles. The highest BCUT2D eigenvalue weighted by atomic mass is 19.1. The van der Waals surface area contributed by atoms with Gasteiger partial charge in [-0.2, -0.15) is 0 Å². The predicted molar refractivity (Wildman–Crippen MR) is 121 cm³/mol. The van der Waals surface area contributed by atoms with E-state index in [0.717, 1.165) is 18.2 Å². The van der Waals surface area contributed by atoms with E-state index in [0.29, 0.717) is 36.4 Å². The van der Waals surface area contributed by atoms with E-state index in [9.17, 15) is 18.8 Å². The van der Waals surface area contributed by atoms with E-state index in [1.807, 2.05) is 24.3 Å². The number of pyridine rings is 1. The van der Waals surface area contributed by atoms with E-state index in [1.165, 1.54) is 28.8 Å². The van der Waals surface area contributed by atoms with Crippen LogP contribution in [-0.4, -0.2) is 41.0 Å². The minimum Gasteiger partial charge on any atom is -0.338 e. The van der Waals surface area contributed by atoms with Gasteiger partial charge < -0.3 is 20.1 Å². The molecule has 1 unspecified atom stereocenters. The summed E-state index contributed by atoms with van der Waals surface area (Å²) in [6.07, 6.45) is 1.69. The number of amides is 3. The van der Waals surface area contributed by atoms with Crippen LogP contribution in [0.3, 0.4) is 0 Å². The Hall–Kier alpha value is -3.68. The van der Waals surface area contributed by atoms with Crippen molar-refractivity contribution in [2.24, 2.45) is 13.0 Å². The largest absolute Gasteiger partial charge is 0.338 e. The number of nitrogens with one attached hydrogen (secondary N) is 2. The third-order valence-electron chi connectivity index (χ3n) is 5.82. The molecule has 3 amide bonds. The van der Waals surface area contributed by atoms with Gasteiger partial charge in [0.15, 0.2) is 0 Å². The van der Waals surface area contributed by atoms with Crippen molar-refractivity contribution in [1.29, 1.82) is 0 Å². The summed E-state index contributed by atoms with van der Waals surface area (Å²) in [6.45, 7) is 1.49. The van der Waals surface area contributed by atoms with Gasteiger partial charge in [-0.05, 0) is 43.0 Å². The zero-order valence-corrected chi connectivity index (χ0v) is 17.8. The van der Waals surface area contributed by atoms with Crippen LogP contribution in [0.4, 0.5) is 14.9 Å². The Morgan fingerprint density at radius 1 is 1.12 bits per heavy atom. The number of carbonyl (C=O) groups excluding carboxylic acids is 2. The standard InChI is InChI=1S/C24H25FN4O3/c1-28-21-10-3-2-9-19(21)20(13-22(28)30)23(31)29-11-5-6-16(15-29)14-26-24(32)27-18-8-4-7-17(25)12-18/h2-4,7-10,12-13,16H,5-6,11,14-15H2,1H3,(H2,26,27,32). The average molecular weight is 436 g/mol.